The molecule has 0 aliphatic heterocycles. The van der Waals surface area contributed by atoms with Crippen molar-refractivity contribution in [1.82, 2.24) is 5.43 Å². The maximum Gasteiger partial charge on any atom is 0.0493 e. The molecule has 2 unspecified atom stereocenters. The van der Waals surface area contributed by atoms with E-state index >= 15 is 0 Å². The molecule has 0 aliphatic rings. The van der Waals surface area contributed by atoms with Crippen molar-refractivity contribution in [3.8, 4) is 0 Å². The van der Waals surface area contributed by atoms with Crippen LogP contribution >= 0.6 is 11.3 Å². The molecule has 0 aliphatic carbocycles. The number of thiophene rings is 1. The Kier molecular flexibility index (Phi) is 4.58. The second-order valence-corrected chi connectivity index (χ2v) is 5.02. The minimum atomic E-state index is 0.305. The van der Waals surface area contributed by atoms with E-state index in [0.717, 1.165) is 0 Å². The molecular formula is C11H20N2S. The van der Waals surface area contributed by atoms with Gasteiger partial charge in [0.25, 0.3) is 0 Å². The lowest BCUT2D eigenvalue weighted by Gasteiger charge is -2.21. The predicted molar refractivity (Wildman–Crippen MR) is 63.2 cm³/mol. The first-order chi connectivity index (χ1) is 6.69. The molecule has 0 radical (unpaired) electrons. The summed E-state index contributed by atoms with van der Waals surface area (Å²) in [5.74, 6) is 6.20. The first-order valence-corrected chi connectivity index (χ1v) is 6.08. The minimum Gasteiger partial charge on any atom is -0.271 e. The summed E-state index contributed by atoms with van der Waals surface area (Å²) in [5.41, 5.74) is 4.25. The Morgan fingerprint density at radius 2 is 2.29 bits per heavy atom. The summed E-state index contributed by atoms with van der Waals surface area (Å²) in [6, 6.07) is 2.53. The number of hydrazine groups is 1. The van der Waals surface area contributed by atoms with Gasteiger partial charge in [-0.3, -0.25) is 11.3 Å². The summed E-state index contributed by atoms with van der Waals surface area (Å²) in [6.45, 7) is 6.59. The molecule has 80 valence electrons. The number of aryl methyl sites for hydroxylation is 1. The Hall–Kier alpha value is -0.380. The van der Waals surface area contributed by atoms with E-state index in [1.54, 1.807) is 11.3 Å². The van der Waals surface area contributed by atoms with Gasteiger partial charge in [-0.2, -0.15) is 0 Å². The lowest BCUT2D eigenvalue weighted by atomic mass is 9.93. The fourth-order valence-electron chi connectivity index (χ4n) is 1.84. The third kappa shape index (κ3) is 2.80. The maximum absolute atomic E-state index is 5.60. The van der Waals surface area contributed by atoms with E-state index in [0.29, 0.717) is 12.0 Å². The molecule has 1 aromatic rings. The normalized spacial score (nSPS) is 15.4. The number of rotatable bonds is 5. The molecule has 2 atom stereocenters. The van der Waals surface area contributed by atoms with Gasteiger partial charge in [0.2, 0.25) is 0 Å². The van der Waals surface area contributed by atoms with Crippen LogP contribution in [0.15, 0.2) is 11.4 Å². The zero-order valence-electron chi connectivity index (χ0n) is 9.21. The number of hydrogen-bond donors (Lipinski definition) is 2. The van der Waals surface area contributed by atoms with Crippen LogP contribution in [0.3, 0.4) is 0 Å². The van der Waals surface area contributed by atoms with Crippen LogP contribution < -0.4 is 11.3 Å². The summed E-state index contributed by atoms with van der Waals surface area (Å²) < 4.78 is 0. The molecule has 1 heterocycles. The SMILES string of the molecule is CCCC(C)C(NN)c1csc(C)c1. The molecule has 3 heteroatoms. The fraction of sp³-hybridized carbons (Fsp3) is 0.636. The van der Waals surface area contributed by atoms with Gasteiger partial charge in [-0.05, 0) is 36.3 Å². The van der Waals surface area contributed by atoms with Crippen LogP contribution in [0.25, 0.3) is 0 Å². The maximum atomic E-state index is 5.60. The average Bonchev–Trinajstić information content (AvgIpc) is 2.54. The zero-order chi connectivity index (χ0) is 10.6. The van der Waals surface area contributed by atoms with Crippen LogP contribution in [0.1, 0.15) is 43.2 Å². The van der Waals surface area contributed by atoms with Crippen molar-refractivity contribution in [2.24, 2.45) is 11.8 Å². The van der Waals surface area contributed by atoms with Crippen molar-refractivity contribution in [2.75, 3.05) is 0 Å². The summed E-state index contributed by atoms with van der Waals surface area (Å²) in [5, 5.41) is 2.20. The van der Waals surface area contributed by atoms with E-state index in [1.807, 2.05) is 0 Å². The van der Waals surface area contributed by atoms with E-state index in [9.17, 15) is 0 Å². The summed E-state index contributed by atoms with van der Waals surface area (Å²) in [4.78, 5) is 1.35. The lowest BCUT2D eigenvalue weighted by molar-refractivity contribution is 0.369. The van der Waals surface area contributed by atoms with Gasteiger partial charge in [-0.1, -0.05) is 20.3 Å². The number of nitrogens with two attached hydrogens (primary N) is 1. The Labute approximate surface area is 90.5 Å². The molecule has 2 nitrogen and oxygen atoms in total. The third-order valence-electron chi connectivity index (χ3n) is 2.60. The first kappa shape index (κ1) is 11.7. The molecule has 0 saturated carbocycles. The van der Waals surface area contributed by atoms with Crippen LogP contribution in [0, 0.1) is 12.8 Å². The van der Waals surface area contributed by atoms with Crippen molar-refractivity contribution in [3.05, 3.63) is 21.9 Å². The highest BCUT2D eigenvalue weighted by molar-refractivity contribution is 7.10. The van der Waals surface area contributed by atoms with E-state index < -0.39 is 0 Å². The van der Waals surface area contributed by atoms with Gasteiger partial charge in [-0.15, -0.1) is 11.3 Å². The highest BCUT2D eigenvalue weighted by Crippen LogP contribution is 2.27. The second-order valence-electron chi connectivity index (χ2n) is 3.90. The Morgan fingerprint density at radius 3 is 2.71 bits per heavy atom. The second kappa shape index (κ2) is 5.49. The average molecular weight is 212 g/mol. The Balaban J connectivity index is 2.71. The topological polar surface area (TPSA) is 38.0 Å². The third-order valence-corrected chi connectivity index (χ3v) is 3.48. The van der Waals surface area contributed by atoms with Crippen molar-refractivity contribution in [2.45, 2.75) is 39.7 Å². The van der Waals surface area contributed by atoms with Gasteiger partial charge in [-0.25, -0.2) is 0 Å². The van der Waals surface area contributed by atoms with Crippen molar-refractivity contribution >= 4 is 11.3 Å². The standard InChI is InChI=1S/C11H20N2S/c1-4-5-8(2)11(13-12)10-6-9(3)14-7-10/h6-8,11,13H,4-5,12H2,1-3H3. The van der Waals surface area contributed by atoms with Crippen LogP contribution in [0.4, 0.5) is 0 Å². The summed E-state index contributed by atoms with van der Waals surface area (Å²) in [7, 11) is 0. The molecule has 1 aromatic heterocycles. The van der Waals surface area contributed by atoms with Gasteiger partial charge in [0.1, 0.15) is 0 Å². The fourth-order valence-corrected chi connectivity index (χ4v) is 2.58. The largest absolute Gasteiger partial charge is 0.271 e. The van der Waals surface area contributed by atoms with Gasteiger partial charge in [0, 0.05) is 10.9 Å². The number of hydrogen-bond acceptors (Lipinski definition) is 3. The molecule has 0 bridgehead atoms. The molecule has 0 saturated heterocycles. The highest BCUT2D eigenvalue weighted by Gasteiger charge is 2.17. The monoisotopic (exact) mass is 212 g/mol. The lowest BCUT2D eigenvalue weighted by Crippen LogP contribution is -2.32. The predicted octanol–water partition coefficient (Wildman–Crippen LogP) is 3.00. The quantitative estimate of drug-likeness (QED) is 0.581. The summed E-state index contributed by atoms with van der Waals surface area (Å²) >= 11 is 1.79. The van der Waals surface area contributed by atoms with E-state index in [4.69, 9.17) is 5.84 Å². The molecule has 1 rings (SSSR count). The van der Waals surface area contributed by atoms with Gasteiger partial charge < -0.3 is 0 Å². The van der Waals surface area contributed by atoms with Crippen LogP contribution in [0.5, 0.6) is 0 Å². The van der Waals surface area contributed by atoms with Gasteiger partial charge in [0.15, 0.2) is 0 Å². The van der Waals surface area contributed by atoms with E-state index in [2.05, 4.69) is 37.6 Å². The summed E-state index contributed by atoms with van der Waals surface area (Å²) in [6.07, 6.45) is 2.42. The van der Waals surface area contributed by atoms with Crippen molar-refractivity contribution in [3.63, 3.8) is 0 Å². The van der Waals surface area contributed by atoms with Gasteiger partial charge >= 0.3 is 0 Å². The Morgan fingerprint density at radius 1 is 1.57 bits per heavy atom. The van der Waals surface area contributed by atoms with Crippen molar-refractivity contribution in [1.29, 1.82) is 0 Å². The first-order valence-electron chi connectivity index (χ1n) is 5.20. The zero-order valence-corrected chi connectivity index (χ0v) is 10.0. The van der Waals surface area contributed by atoms with Crippen LogP contribution in [0.2, 0.25) is 0 Å². The molecule has 3 N–H and O–H groups in total. The van der Waals surface area contributed by atoms with Crippen LogP contribution in [-0.4, -0.2) is 0 Å². The highest BCUT2D eigenvalue weighted by atomic mass is 32.1. The van der Waals surface area contributed by atoms with E-state index in [1.165, 1.54) is 23.3 Å². The molecule has 14 heavy (non-hydrogen) atoms. The smallest absolute Gasteiger partial charge is 0.0493 e. The van der Waals surface area contributed by atoms with E-state index in [-0.39, 0.29) is 0 Å². The van der Waals surface area contributed by atoms with Crippen molar-refractivity contribution < 1.29 is 0 Å². The minimum absolute atomic E-state index is 0.305. The number of nitrogens with one attached hydrogen (secondary N) is 1. The van der Waals surface area contributed by atoms with Gasteiger partial charge in [0.05, 0.1) is 0 Å². The molecule has 0 aromatic carbocycles. The Bertz CT molecular complexity index is 270. The molecule has 0 amide bonds. The van der Waals surface area contributed by atoms with Crippen LogP contribution in [-0.2, 0) is 0 Å². The molecule has 0 fully saturated rings. The molecule has 0 spiro atoms. The molecular weight excluding hydrogens is 192 g/mol.